The molecular weight excluding hydrogens is 492 g/mol. The highest BCUT2D eigenvalue weighted by atomic mass is 79.9. The molecule has 0 bridgehead atoms. The highest BCUT2D eigenvalue weighted by molar-refractivity contribution is 9.10. The van der Waals surface area contributed by atoms with Crippen molar-refractivity contribution in [2.24, 2.45) is 0 Å². The maximum atomic E-state index is 10.1. The van der Waals surface area contributed by atoms with Crippen molar-refractivity contribution in [1.29, 1.82) is 0 Å². The van der Waals surface area contributed by atoms with E-state index in [4.69, 9.17) is 0 Å². The van der Waals surface area contributed by atoms with Gasteiger partial charge in [-0.15, -0.1) is 0 Å². The second-order valence-corrected chi connectivity index (χ2v) is 8.88. The zero-order valence-electron chi connectivity index (χ0n) is 15.2. The molecule has 5 rings (SSSR count). The van der Waals surface area contributed by atoms with E-state index in [-0.39, 0.29) is 11.5 Å². The van der Waals surface area contributed by atoms with Gasteiger partial charge in [-0.2, -0.15) is 0 Å². The first kappa shape index (κ1) is 18.5. The van der Waals surface area contributed by atoms with Crippen LogP contribution in [-0.4, -0.2) is 10.2 Å². The molecule has 0 unspecified atom stereocenters. The van der Waals surface area contributed by atoms with Crippen LogP contribution in [0.5, 0.6) is 11.5 Å². The summed E-state index contributed by atoms with van der Waals surface area (Å²) in [6, 6.07) is 28.2. The van der Waals surface area contributed by atoms with E-state index in [9.17, 15) is 10.2 Å². The first-order valence-electron chi connectivity index (χ1n) is 9.21. The van der Waals surface area contributed by atoms with Crippen LogP contribution in [0.25, 0.3) is 11.1 Å². The van der Waals surface area contributed by atoms with E-state index < -0.39 is 5.41 Å². The van der Waals surface area contributed by atoms with Crippen molar-refractivity contribution in [3.05, 3.63) is 116 Å². The molecule has 0 amide bonds. The Hall–Kier alpha value is -2.56. The van der Waals surface area contributed by atoms with Crippen LogP contribution in [0.1, 0.15) is 22.3 Å². The van der Waals surface area contributed by atoms with Gasteiger partial charge < -0.3 is 10.2 Å². The largest absolute Gasteiger partial charge is 0.507 e. The molecule has 0 atom stereocenters. The Morgan fingerprint density at radius 1 is 0.552 bits per heavy atom. The molecule has 0 heterocycles. The molecule has 29 heavy (non-hydrogen) atoms. The van der Waals surface area contributed by atoms with E-state index in [1.165, 1.54) is 22.3 Å². The Balaban J connectivity index is 1.97. The lowest BCUT2D eigenvalue weighted by atomic mass is 9.68. The third-order valence-corrected chi connectivity index (χ3v) is 6.98. The monoisotopic (exact) mass is 506 g/mol. The highest BCUT2D eigenvalue weighted by Crippen LogP contribution is 2.56. The number of aromatic hydroxyl groups is 2. The zero-order chi connectivity index (χ0) is 20.2. The number of fused-ring (bicyclic) bond motifs is 3. The fraction of sp³-hybridized carbons (Fsp3) is 0.0400. The van der Waals surface area contributed by atoms with Gasteiger partial charge in [-0.1, -0.05) is 60.7 Å². The summed E-state index contributed by atoms with van der Waals surface area (Å²) >= 11 is 6.99. The van der Waals surface area contributed by atoms with Gasteiger partial charge in [0.2, 0.25) is 0 Å². The molecule has 0 saturated carbocycles. The van der Waals surface area contributed by atoms with Gasteiger partial charge in [0.1, 0.15) is 11.5 Å². The van der Waals surface area contributed by atoms with Gasteiger partial charge in [-0.05, 0) is 89.5 Å². The van der Waals surface area contributed by atoms with Crippen LogP contribution in [0.15, 0.2) is 93.9 Å². The summed E-state index contributed by atoms with van der Waals surface area (Å²) in [7, 11) is 0. The fourth-order valence-corrected chi connectivity index (χ4v) is 5.26. The second-order valence-electron chi connectivity index (χ2n) is 7.17. The quantitative estimate of drug-likeness (QED) is 0.270. The molecule has 4 aromatic rings. The maximum absolute atomic E-state index is 10.1. The van der Waals surface area contributed by atoms with E-state index in [0.717, 1.165) is 11.1 Å². The SMILES string of the molecule is Oc1ccc(C2(c3ccc(O)c(Br)c3)c3ccccc3-c3ccccc32)cc1Br. The van der Waals surface area contributed by atoms with Crippen LogP contribution in [0.4, 0.5) is 0 Å². The molecule has 0 aliphatic heterocycles. The maximum Gasteiger partial charge on any atom is 0.129 e. The van der Waals surface area contributed by atoms with Gasteiger partial charge in [0.05, 0.1) is 14.4 Å². The predicted octanol–water partition coefficient (Wildman–Crippen LogP) is 6.99. The Labute approximate surface area is 185 Å². The molecule has 0 radical (unpaired) electrons. The molecule has 2 N–H and O–H groups in total. The normalized spacial score (nSPS) is 13.7. The van der Waals surface area contributed by atoms with Crippen LogP contribution in [0.3, 0.4) is 0 Å². The summed E-state index contributed by atoms with van der Waals surface area (Å²) in [6.07, 6.45) is 0. The van der Waals surface area contributed by atoms with Crippen molar-refractivity contribution in [3.63, 3.8) is 0 Å². The van der Waals surface area contributed by atoms with Gasteiger partial charge in [-0.25, -0.2) is 0 Å². The lowest BCUT2D eigenvalue weighted by molar-refractivity contribution is 0.471. The Morgan fingerprint density at radius 3 is 1.38 bits per heavy atom. The molecule has 1 aliphatic carbocycles. The van der Waals surface area contributed by atoms with E-state index >= 15 is 0 Å². The van der Waals surface area contributed by atoms with Gasteiger partial charge in [0, 0.05) is 0 Å². The van der Waals surface area contributed by atoms with E-state index in [2.05, 4.69) is 80.4 Å². The van der Waals surface area contributed by atoms with Crippen molar-refractivity contribution >= 4 is 31.9 Å². The Bertz CT molecular complexity index is 1160. The molecule has 0 spiro atoms. The number of hydrogen-bond donors (Lipinski definition) is 2. The minimum absolute atomic E-state index is 0.204. The number of rotatable bonds is 2. The summed E-state index contributed by atoms with van der Waals surface area (Å²) < 4.78 is 1.29. The molecule has 0 fully saturated rings. The number of benzene rings is 4. The zero-order valence-corrected chi connectivity index (χ0v) is 18.4. The minimum atomic E-state index is -0.570. The second kappa shape index (κ2) is 6.75. The summed E-state index contributed by atoms with van der Waals surface area (Å²) in [5, 5.41) is 20.2. The van der Waals surface area contributed by atoms with E-state index in [1.54, 1.807) is 12.1 Å². The molecule has 142 valence electrons. The van der Waals surface area contributed by atoms with Crippen LogP contribution in [0, 0.1) is 0 Å². The lowest BCUT2D eigenvalue weighted by Crippen LogP contribution is -2.28. The number of phenolic OH excluding ortho intramolecular Hbond substituents is 2. The molecule has 1 aliphatic rings. The van der Waals surface area contributed by atoms with E-state index in [1.807, 2.05) is 24.3 Å². The Kier molecular flexibility index (Phi) is 4.30. The number of halogens is 2. The number of phenols is 2. The van der Waals surface area contributed by atoms with Crippen molar-refractivity contribution in [2.75, 3.05) is 0 Å². The van der Waals surface area contributed by atoms with Crippen LogP contribution < -0.4 is 0 Å². The Morgan fingerprint density at radius 2 is 0.966 bits per heavy atom. The predicted molar refractivity (Wildman–Crippen MR) is 122 cm³/mol. The van der Waals surface area contributed by atoms with Crippen LogP contribution >= 0.6 is 31.9 Å². The molecule has 0 saturated heterocycles. The van der Waals surface area contributed by atoms with E-state index in [0.29, 0.717) is 8.95 Å². The molecule has 4 heteroatoms. The summed E-state index contributed by atoms with van der Waals surface area (Å²) in [6.45, 7) is 0. The van der Waals surface area contributed by atoms with Crippen LogP contribution in [-0.2, 0) is 5.41 Å². The molecule has 4 aromatic carbocycles. The van der Waals surface area contributed by atoms with Crippen molar-refractivity contribution < 1.29 is 10.2 Å². The summed E-state index contributed by atoms with van der Waals surface area (Å²) in [5.74, 6) is 0.408. The average Bonchev–Trinajstić information content (AvgIpc) is 3.04. The van der Waals surface area contributed by atoms with Gasteiger partial charge >= 0.3 is 0 Å². The molecule has 0 aromatic heterocycles. The van der Waals surface area contributed by atoms with Gasteiger partial charge in [0.15, 0.2) is 0 Å². The first-order valence-corrected chi connectivity index (χ1v) is 10.8. The number of hydrogen-bond acceptors (Lipinski definition) is 2. The first-order chi connectivity index (χ1) is 14.0. The minimum Gasteiger partial charge on any atom is -0.507 e. The smallest absolute Gasteiger partial charge is 0.129 e. The topological polar surface area (TPSA) is 40.5 Å². The van der Waals surface area contributed by atoms with Crippen LogP contribution in [0.2, 0.25) is 0 Å². The van der Waals surface area contributed by atoms with Gasteiger partial charge in [0.25, 0.3) is 0 Å². The van der Waals surface area contributed by atoms with Crippen molar-refractivity contribution in [3.8, 4) is 22.6 Å². The third kappa shape index (κ3) is 2.59. The standard InChI is InChI=1S/C25H16Br2O2/c26-21-13-15(9-11-23(21)28)25(16-10-12-24(29)22(27)14-16)19-7-3-1-5-17(19)18-6-2-4-8-20(18)25/h1-14,28-29H. The van der Waals surface area contributed by atoms with Gasteiger partial charge in [-0.3, -0.25) is 0 Å². The summed E-state index contributed by atoms with van der Waals surface area (Å²) in [5.41, 5.74) is 6.25. The van der Waals surface area contributed by atoms with Crippen molar-refractivity contribution in [1.82, 2.24) is 0 Å². The van der Waals surface area contributed by atoms with Crippen molar-refractivity contribution in [2.45, 2.75) is 5.41 Å². The third-order valence-electron chi connectivity index (χ3n) is 5.71. The fourth-order valence-electron chi connectivity index (χ4n) is 4.50. The molecule has 2 nitrogen and oxygen atoms in total. The highest BCUT2D eigenvalue weighted by Gasteiger charge is 2.46. The summed E-state index contributed by atoms with van der Waals surface area (Å²) in [4.78, 5) is 0. The average molecular weight is 508 g/mol. The lowest BCUT2D eigenvalue weighted by Gasteiger charge is -2.34. The molecular formula is C25H16Br2O2.